The Balaban J connectivity index is 1.05. The highest BCUT2D eigenvalue weighted by molar-refractivity contribution is 5.82. The van der Waals surface area contributed by atoms with Crippen molar-refractivity contribution in [3.63, 3.8) is 0 Å². The Morgan fingerprint density at radius 3 is 1.57 bits per heavy atom. The number of benzene rings is 5. The van der Waals surface area contributed by atoms with Crippen molar-refractivity contribution in [1.29, 1.82) is 0 Å². The molecule has 3 aliphatic heterocycles. The lowest BCUT2D eigenvalue weighted by Crippen LogP contribution is -2.69. The van der Waals surface area contributed by atoms with E-state index < -0.39 is 135 Å². The largest absolute Gasteiger partial charge is 0.445 e. The fourth-order valence-electron chi connectivity index (χ4n) is 11.3. The van der Waals surface area contributed by atoms with Crippen LogP contribution in [0.25, 0.3) is 0 Å². The zero-order valence-corrected chi connectivity index (χ0v) is 52.0. The Bertz CT molecular complexity index is 3080. The first kappa shape index (κ1) is 69.5. The molecular formula is C68H85N5O20. The van der Waals surface area contributed by atoms with E-state index in [0.717, 1.165) is 17.5 Å². The van der Waals surface area contributed by atoms with Crippen molar-refractivity contribution in [1.82, 2.24) is 26.2 Å². The molecule has 0 radical (unpaired) electrons. The predicted octanol–water partition coefficient (Wildman–Crippen LogP) is 6.18. The number of nitrogens with one attached hydrogen (secondary N) is 4. The first-order valence-corrected chi connectivity index (χ1v) is 31.7. The number of carbonyl (C=O) groups is 5. The number of unbranched alkanes of at least 4 members (excludes halogenated alkanes) is 2. The standard InChI is InChI=1S/C68H85N5O20/c1-3-5-32-83-52(36-69-65(79)85-39-43-22-12-7-13-23-43)59(84-33-6-4-2)61(78)70-48-34-49(71-66(80)86-40-44-24-14-8-15-25-44)58(60(55(48)75)93-64-57(77)56(76)54(38-74)91-64)92-63-50(72-67(81)87-41-45-26-16-9-17-27-45)35-51-53(90-63)37-73(62(89-51)47-30-20-11-21-31-47)68(82)88-42-46-28-18-10-19-29-46/h7-31,48-60,62-64,74-77H,3-6,32-42H2,1-2H3,(H,69,79)(H,70,78)(H,71,80)(H,72,81)/t48-,49+,50-,51+,52+,53-,54-,55+,56-,57-,58-,59+,60-,62?,63-,64+/m1/s1. The summed E-state index contributed by atoms with van der Waals surface area (Å²) in [6.07, 6.45) is -20.2. The summed E-state index contributed by atoms with van der Waals surface area (Å²) in [5, 5.41) is 57.0. The van der Waals surface area contributed by atoms with Gasteiger partial charge in [0.15, 0.2) is 24.9 Å². The summed E-state index contributed by atoms with van der Waals surface area (Å²) in [5.74, 6) is -0.801. The molecule has 502 valence electrons. The summed E-state index contributed by atoms with van der Waals surface area (Å²) in [5.41, 5.74) is 3.42. The molecule has 0 bridgehead atoms. The van der Waals surface area contributed by atoms with E-state index in [9.17, 15) is 39.6 Å². The van der Waals surface area contributed by atoms with Gasteiger partial charge >= 0.3 is 24.4 Å². The zero-order chi connectivity index (χ0) is 65.5. The molecule has 1 aliphatic carbocycles. The molecule has 4 aliphatic rings. The van der Waals surface area contributed by atoms with Crippen LogP contribution in [0.15, 0.2) is 152 Å². The van der Waals surface area contributed by atoms with Crippen molar-refractivity contribution < 1.29 is 96.5 Å². The number of hydrogen-bond donors (Lipinski definition) is 8. The molecule has 4 fully saturated rings. The van der Waals surface area contributed by atoms with Gasteiger partial charge in [-0.1, -0.05) is 178 Å². The Morgan fingerprint density at radius 2 is 1.03 bits per heavy atom. The average Bonchev–Trinajstić information content (AvgIpc) is 1.39. The Kier molecular flexibility index (Phi) is 26.5. The van der Waals surface area contributed by atoms with Crippen molar-refractivity contribution in [3.8, 4) is 0 Å². The van der Waals surface area contributed by atoms with Crippen LogP contribution in [0.2, 0.25) is 0 Å². The maximum Gasteiger partial charge on any atom is 0.412 e. The smallest absolute Gasteiger partial charge is 0.412 e. The van der Waals surface area contributed by atoms with E-state index in [1.807, 2.05) is 74.5 Å². The summed E-state index contributed by atoms with van der Waals surface area (Å²) < 4.78 is 68.5. The van der Waals surface area contributed by atoms with E-state index in [0.29, 0.717) is 36.0 Å². The Labute approximate surface area is 540 Å². The number of alkyl carbamates (subject to hydrolysis) is 3. The fourth-order valence-corrected chi connectivity index (χ4v) is 11.3. The first-order chi connectivity index (χ1) is 45.3. The van der Waals surface area contributed by atoms with Gasteiger partial charge in [0.1, 0.15) is 75.3 Å². The molecule has 1 saturated carbocycles. The lowest BCUT2D eigenvalue weighted by Gasteiger charge is -2.51. The lowest BCUT2D eigenvalue weighted by atomic mass is 9.83. The Morgan fingerprint density at radius 1 is 0.527 bits per heavy atom. The third kappa shape index (κ3) is 19.9. The average molecular weight is 1290 g/mol. The number of aliphatic hydroxyl groups is 4. The number of ether oxygens (including phenoxy) is 11. The minimum Gasteiger partial charge on any atom is -0.445 e. The molecular weight excluding hydrogens is 1210 g/mol. The highest BCUT2D eigenvalue weighted by Crippen LogP contribution is 2.39. The Hall–Kier alpha value is -7.79. The summed E-state index contributed by atoms with van der Waals surface area (Å²) in [7, 11) is 0. The van der Waals surface area contributed by atoms with E-state index >= 15 is 4.79 Å². The van der Waals surface area contributed by atoms with Crippen LogP contribution in [0.5, 0.6) is 0 Å². The van der Waals surface area contributed by atoms with Crippen LogP contribution in [-0.2, 0) is 83.3 Å². The van der Waals surface area contributed by atoms with E-state index in [-0.39, 0.29) is 65.6 Å². The summed E-state index contributed by atoms with van der Waals surface area (Å²) in [6, 6.07) is 41.1. The van der Waals surface area contributed by atoms with Gasteiger partial charge < -0.3 is 93.8 Å². The second-order valence-electron chi connectivity index (χ2n) is 23.1. The molecule has 3 heterocycles. The molecule has 9 rings (SSSR count). The summed E-state index contributed by atoms with van der Waals surface area (Å²) in [6.45, 7) is 2.60. The second-order valence-corrected chi connectivity index (χ2v) is 23.1. The SMILES string of the molecule is CCCCO[C@@H](CNC(=O)OCc1ccccc1)[C@H](OCCCC)C(=O)N[C@@H]1C[C@H](NC(=O)OCc2ccccc2)[C@@H](O[C@H]2O[C@@H]3CN(C(=O)OCc4ccccc4)C(c4ccccc4)O[C@H]3C[C@H]2NC(=O)OCc2ccccc2)[C@H](O[C@@H]2O[C@H](CO)[C@@H](O)[C@H]2O)[C@H]1O. The highest BCUT2D eigenvalue weighted by Gasteiger charge is 2.55. The van der Waals surface area contributed by atoms with Crippen LogP contribution in [-0.4, -0.2) is 180 Å². The summed E-state index contributed by atoms with van der Waals surface area (Å²) in [4.78, 5) is 72.4. The molecule has 5 aromatic rings. The van der Waals surface area contributed by atoms with Crippen LogP contribution < -0.4 is 21.3 Å². The van der Waals surface area contributed by atoms with Crippen molar-refractivity contribution in [2.24, 2.45) is 0 Å². The monoisotopic (exact) mass is 1290 g/mol. The summed E-state index contributed by atoms with van der Waals surface area (Å²) >= 11 is 0. The number of amides is 5. The molecule has 5 aromatic carbocycles. The quantitative estimate of drug-likeness (QED) is 0.0196. The van der Waals surface area contributed by atoms with Crippen molar-refractivity contribution >= 4 is 30.3 Å². The normalized spacial score (nSPS) is 26.5. The van der Waals surface area contributed by atoms with Gasteiger partial charge in [-0.15, -0.1) is 0 Å². The third-order valence-corrected chi connectivity index (χ3v) is 16.3. The van der Waals surface area contributed by atoms with E-state index in [1.165, 1.54) is 4.90 Å². The molecule has 0 aromatic heterocycles. The number of hydrogen-bond acceptors (Lipinski definition) is 20. The van der Waals surface area contributed by atoms with Crippen molar-refractivity contribution in [2.75, 3.05) is 32.9 Å². The van der Waals surface area contributed by atoms with Gasteiger partial charge in [-0.3, -0.25) is 9.69 Å². The van der Waals surface area contributed by atoms with Crippen LogP contribution >= 0.6 is 0 Å². The molecule has 8 N–H and O–H groups in total. The van der Waals surface area contributed by atoms with Gasteiger partial charge in [0.2, 0.25) is 0 Å². The second kappa shape index (κ2) is 35.5. The molecule has 1 unspecified atom stereocenters. The van der Waals surface area contributed by atoms with Gasteiger partial charge in [-0.25, -0.2) is 19.2 Å². The van der Waals surface area contributed by atoms with Gasteiger partial charge in [-0.05, 0) is 41.5 Å². The molecule has 5 amide bonds. The van der Waals surface area contributed by atoms with Crippen LogP contribution in [0.1, 0.15) is 86.4 Å². The number of rotatable bonds is 29. The van der Waals surface area contributed by atoms with Crippen LogP contribution in [0, 0.1) is 0 Å². The maximum absolute atomic E-state index is 15.1. The third-order valence-electron chi connectivity index (χ3n) is 16.3. The van der Waals surface area contributed by atoms with Crippen molar-refractivity contribution in [3.05, 3.63) is 179 Å². The molecule has 25 heteroatoms. The molecule has 25 nitrogen and oxygen atoms in total. The molecule has 16 atom stereocenters. The fraction of sp³-hybridized carbons (Fsp3) is 0.485. The first-order valence-electron chi connectivity index (χ1n) is 31.7. The van der Waals surface area contributed by atoms with Gasteiger partial charge in [0.25, 0.3) is 5.91 Å². The molecule has 3 saturated heterocycles. The van der Waals surface area contributed by atoms with Gasteiger partial charge in [0.05, 0.1) is 43.9 Å². The maximum atomic E-state index is 15.1. The number of aliphatic hydroxyl groups excluding tert-OH is 4. The number of fused-ring (bicyclic) bond motifs is 1. The number of carbonyl (C=O) groups excluding carboxylic acids is 5. The highest BCUT2D eigenvalue weighted by atomic mass is 16.7. The lowest BCUT2D eigenvalue weighted by molar-refractivity contribution is -0.317. The van der Waals surface area contributed by atoms with Crippen LogP contribution in [0.4, 0.5) is 19.2 Å². The van der Waals surface area contributed by atoms with Crippen molar-refractivity contribution in [2.45, 2.75) is 177 Å². The van der Waals surface area contributed by atoms with Gasteiger partial charge in [0, 0.05) is 25.2 Å². The zero-order valence-electron chi connectivity index (χ0n) is 52.0. The minimum absolute atomic E-state index is 0.0311. The van der Waals surface area contributed by atoms with Gasteiger partial charge in [-0.2, -0.15) is 0 Å². The topological polar surface area (TPSA) is 319 Å². The predicted molar refractivity (Wildman–Crippen MR) is 332 cm³/mol. The molecule has 0 spiro atoms. The van der Waals surface area contributed by atoms with Crippen LogP contribution in [0.3, 0.4) is 0 Å². The number of nitrogens with zero attached hydrogens (tertiary/aromatic N) is 1. The van der Waals surface area contributed by atoms with E-state index in [1.54, 1.807) is 91.0 Å². The van der Waals surface area contributed by atoms with E-state index in [2.05, 4.69) is 21.3 Å². The molecule has 93 heavy (non-hydrogen) atoms. The minimum atomic E-state index is -1.86. The van der Waals surface area contributed by atoms with E-state index in [4.69, 9.17) is 52.1 Å².